The molecule has 0 radical (unpaired) electrons. The van der Waals surface area contributed by atoms with Gasteiger partial charge < -0.3 is 5.11 Å². The molecule has 3 rings (SSSR count). The molecule has 24 heavy (non-hydrogen) atoms. The van der Waals surface area contributed by atoms with Crippen LogP contribution in [0.3, 0.4) is 0 Å². The van der Waals surface area contributed by atoms with Gasteiger partial charge in [0.15, 0.2) is 0 Å². The first-order chi connectivity index (χ1) is 11.5. The lowest BCUT2D eigenvalue weighted by atomic mass is 9.88. The fraction of sp³-hybridized carbons (Fsp3) is 0.143. The topological polar surface area (TPSA) is 20.2 Å². The van der Waals surface area contributed by atoms with Gasteiger partial charge in [-0.05, 0) is 29.1 Å². The molecule has 1 atom stereocenters. The zero-order chi connectivity index (χ0) is 17.0. The Bertz CT molecular complexity index is 792. The first-order valence-corrected chi connectivity index (χ1v) is 11.4. The lowest BCUT2D eigenvalue weighted by molar-refractivity contribution is 0.106. The second-order valence-electron chi connectivity index (χ2n) is 6.19. The maximum absolute atomic E-state index is 11.7. The van der Waals surface area contributed by atoms with Crippen molar-refractivity contribution in [2.75, 3.05) is 12.8 Å². The average molecular weight is 352 g/mol. The van der Waals surface area contributed by atoms with Gasteiger partial charge in [0.1, 0.15) is 5.60 Å². The summed E-state index contributed by atoms with van der Waals surface area (Å²) >= 11 is 6.01. The van der Waals surface area contributed by atoms with Crippen LogP contribution in [0.4, 0.5) is 0 Å². The minimum atomic E-state index is -1.91. The van der Waals surface area contributed by atoms with Gasteiger partial charge in [0.05, 0.1) is 0 Å². The van der Waals surface area contributed by atoms with Crippen molar-refractivity contribution in [1.29, 1.82) is 0 Å². The summed E-state index contributed by atoms with van der Waals surface area (Å²) < 4.78 is 0. The van der Waals surface area contributed by atoms with Crippen LogP contribution < -0.4 is 5.30 Å². The third-order valence-electron chi connectivity index (χ3n) is 4.34. The summed E-state index contributed by atoms with van der Waals surface area (Å²) in [5.41, 5.74) is 0.703. The Hall–Kier alpha value is -1.73. The maximum atomic E-state index is 11.7. The fourth-order valence-corrected chi connectivity index (χ4v) is 6.20. The van der Waals surface area contributed by atoms with Crippen molar-refractivity contribution in [3.05, 3.63) is 102 Å². The summed E-state index contributed by atoms with van der Waals surface area (Å²) in [4.78, 5) is 0. The Kier molecular flexibility index (Phi) is 5.01. The van der Waals surface area contributed by atoms with E-state index in [9.17, 15) is 5.11 Å². The molecule has 0 fully saturated rings. The fourth-order valence-electron chi connectivity index (χ4n) is 3.05. The molecular weight excluding hydrogens is 331 g/mol. The van der Waals surface area contributed by atoms with Gasteiger partial charge in [-0.3, -0.25) is 0 Å². The number of rotatable bonds is 5. The Balaban J connectivity index is 2.08. The Morgan fingerprint density at radius 3 is 1.54 bits per heavy atom. The minimum Gasteiger partial charge on any atom is -0.380 e. The highest BCUT2D eigenvalue weighted by molar-refractivity contribution is 8.18. The molecule has 0 unspecified atom stereocenters. The van der Waals surface area contributed by atoms with Crippen LogP contribution >= 0.6 is 6.04 Å². The van der Waals surface area contributed by atoms with Gasteiger partial charge in [-0.1, -0.05) is 103 Å². The Morgan fingerprint density at radius 2 is 1.12 bits per heavy atom. The van der Waals surface area contributed by atoms with E-state index in [1.54, 1.807) is 0 Å². The Morgan fingerprint density at radius 1 is 0.750 bits per heavy atom. The third kappa shape index (κ3) is 3.52. The lowest BCUT2D eigenvalue weighted by Crippen LogP contribution is -2.33. The first kappa shape index (κ1) is 17.1. The molecule has 0 heterocycles. The molecular formula is C21H21OPS. The molecule has 3 aromatic rings. The lowest BCUT2D eigenvalue weighted by Gasteiger charge is -2.34. The zero-order valence-electron chi connectivity index (χ0n) is 13.7. The standard InChI is InChI=1S/C21H21OPS/c1-23(24,20-15-9-4-10-16-20)17-21(22,18-11-5-2-6-12-18)19-13-7-3-8-14-19/h2-16,22H,17H2,1H3/t23-/m1/s1. The van der Waals surface area contributed by atoms with Crippen molar-refractivity contribution in [3.63, 3.8) is 0 Å². The monoisotopic (exact) mass is 352 g/mol. The number of hydrogen-bond donors (Lipinski definition) is 1. The van der Waals surface area contributed by atoms with Crippen molar-refractivity contribution in [2.24, 2.45) is 0 Å². The second-order valence-corrected chi connectivity index (χ2v) is 11.6. The molecule has 1 nitrogen and oxygen atoms in total. The Labute approximate surface area is 149 Å². The first-order valence-electron chi connectivity index (χ1n) is 7.98. The van der Waals surface area contributed by atoms with Gasteiger partial charge in [-0.25, -0.2) is 0 Å². The van der Waals surface area contributed by atoms with Crippen LogP contribution in [0.2, 0.25) is 0 Å². The molecule has 0 saturated heterocycles. The molecule has 0 amide bonds. The SMILES string of the molecule is C[P@@](=S)(CC(O)(c1ccccc1)c1ccccc1)c1ccccc1. The second kappa shape index (κ2) is 7.03. The quantitative estimate of drug-likeness (QED) is 0.689. The smallest absolute Gasteiger partial charge is 0.119 e. The van der Waals surface area contributed by atoms with Crippen LogP contribution in [0.5, 0.6) is 0 Å². The van der Waals surface area contributed by atoms with Gasteiger partial charge in [0.25, 0.3) is 0 Å². The number of benzene rings is 3. The van der Waals surface area contributed by atoms with E-state index in [0.29, 0.717) is 6.16 Å². The van der Waals surface area contributed by atoms with Gasteiger partial charge >= 0.3 is 0 Å². The van der Waals surface area contributed by atoms with Crippen LogP contribution in [-0.4, -0.2) is 17.9 Å². The van der Waals surface area contributed by atoms with Crippen molar-refractivity contribution in [1.82, 2.24) is 0 Å². The molecule has 0 saturated carbocycles. The van der Waals surface area contributed by atoms with Gasteiger partial charge in [-0.15, -0.1) is 0 Å². The number of aliphatic hydroxyl groups is 1. The third-order valence-corrected chi connectivity index (χ3v) is 7.81. The average Bonchev–Trinajstić information content (AvgIpc) is 2.63. The molecule has 0 bridgehead atoms. The van der Waals surface area contributed by atoms with E-state index in [1.807, 2.05) is 78.9 Å². The summed E-state index contributed by atoms with van der Waals surface area (Å²) in [6.45, 7) is 2.12. The molecule has 0 aromatic heterocycles. The van der Waals surface area contributed by atoms with Gasteiger partial charge in [-0.2, -0.15) is 0 Å². The van der Waals surface area contributed by atoms with Crippen molar-refractivity contribution >= 4 is 23.1 Å². The van der Waals surface area contributed by atoms with E-state index in [4.69, 9.17) is 11.8 Å². The maximum Gasteiger partial charge on any atom is 0.119 e. The van der Waals surface area contributed by atoms with E-state index < -0.39 is 11.6 Å². The highest BCUT2D eigenvalue weighted by atomic mass is 32.4. The molecule has 122 valence electrons. The zero-order valence-corrected chi connectivity index (χ0v) is 15.4. The van der Waals surface area contributed by atoms with Gasteiger partial charge in [0.2, 0.25) is 0 Å². The summed E-state index contributed by atoms with van der Waals surface area (Å²) in [6.07, 6.45) is 0.535. The minimum absolute atomic E-state index is 0.535. The van der Waals surface area contributed by atoms with Crippen LogP contribution in [0.25, 0.3) is 0 Å². The van der Waals surface area contributed by atoms with E-state index >= 15 is 0 Å². The highest BCUT2D eigenvalue weighted by Gasteiger charge is 2.36. The van der Waals surface area contributed by atoms with E-state index in [2.05, 4.69) is 18.8 Å². The van der Waals surface area contributed by atoms with Crippen LogP contribution in [-0.2, 0) is 17.4 Å². The highest BCUT2D eigenvalue weighted by Crippen LogP contribution is 2.48. The largest absolute Gasteiger partial charge is 0.380 e. The molecule has 0 aliphatic heterocycles. The van der Waals surface area contributed by atoms with Crippen molar-refractivity contribution < 1.29 is 5.11 Å². The van der Waals surface area contributed by atoms with Crippen molar-refractivity contribution in [2.45, 2.75) is 5.60 Å². The normalized spacial score (nSPS) is 14.1. The van der Waals surface area contributed by atoms with Crippen LogP contribution in [0.15, 0.2) is 91.0 Å². The molecule has 0 aliphatic rings. The molecule has 0 aliphatic carbocycles. The summed E-state index contributed by atoms with van der Waals surface area (Å²) in [5.74, 6) is 0. The van der Waals surface area contributed by atoms with Crippen LogP contribution in [0, 0.1) is 0 Å². The predicted octanol–water partition coefficient (Wildman–Crippen LogP) is 4.36. The van der Waals surface area contributed by atoms with Crippen LogP contribution in [0.1, 0.15) is 11.1 Å². The molecule has 3 aromatic carbocycles. The summed E-state index contributed by atoms with van der Waals surface area (Å²) in [7, 11) is 0. The van der Waals surface area contributed by atoms with E-state index in [0.717, 1.165) is 16.4 Å². The van der Waals surface area contributed by atoms with E-state index in [1.165, 1.54) is 0 Å². The molecule has 0 spiro atoms. The molecule has 3 heteroatoms. The predicted molar refractivity (Wildman–Crippen MR) is 107 cm³/mol. The number of hydrogen-bond acceptors (Lipinski definition) is 2. The van der Waals surface area contributed by atoms with E-state index in [-0.39, 0.29) is 0 Å². The molecule has 1 N–H and O–H groups in total. The summed E-state index contributed by atoms with van der Waals surface area (Å²) in [6, 6.07) is 28.0. The summed E-state index contributed by atoms with van der Waals surface area (Å²) in [5, 5.41) is 12.9. The van der Waals surface area contributed by atoms with Gasteiger partial charge in [0, 0.05) is 6.16 Å². The van der Waals surface area contributed by atoms with Crippen molar-refractivity contribution in [3.8, 4) is 0 Å².